The third-order valence-corrected chi connectivity index (χ3v) is 1.83. The molecule has 0 heterocycles. The van der Waals surface area contributed by atoms with Crippen molar-refractivity contribution in [2.45, 2.75) is 0 Å². The van der Waals surface area contributed by atoms with Crippen molar-refractivity contribution in [3.8, 4) is 0 Å². The number of carbonyl (C=O) groups is 1. The summed E-state index contributed by atoms with van der Waals surface area (Å²) in [5, 5.41) is 9.03. The van der Waals surface area contributed by atoms with E-state index >= 15 is 0 Å². The highest BCUT2D eigenvalue weighted by molar-refractivity contribution is 6.45. The van der Waals surface area contributed by atoms with Crippen LogP contribution in [0.5, 0.6) is 0 Å². The van der Waals surface area contributed by atoms with E-state index in [9.17, 15) is 4.79 Å². The summed E-state index contributed by atoms with van der Waals surface area (Å²) in [6.07, 6.45) is 0. The van der Waals surface area contributed by atoms with E-state index in [1.165, 1.54) is 12.1 Å². The van der Waals surface area contributed by atoms with Crippen LogP contribution in [-0.2, 0) is 0 Å². The number of halogens is 1. The summed E-state index contributed by atoms with van der Waals surface area (Å²) in [7, 11) is 1.83. The first kappa shape index (κ1) is 8.14. The quantitative estimate of drug-likeness (QED) is 0.612. The maximum absolute atomic E-state index is 10.4. The first-order valence-electron chi connectivity index (χ1n) is 3.10. The second-order valence-electron chi connectivity index (χ2n) is 2.27. The van der Waals surface area contributed by atoms with Crippen LogP contribution >= 0.6 is 11.6 Å². The van der Waals surface area contributed by atoms with Gasteiger partial charge < -0.3 is 5.11 Å². The number of hydrogen-bond donors (Lipinski definition) is 1. The first-order chi connectivity index (χ1) is 5.11. The van der Waals surface area contributed by atoms with Gasteiger partial charge in [-0.1, -0.05) is 23.1 Å². The van der Waals surface area contributed by atoms with Crippen molar-refractivity contribution in [1.82, 2.24) is 0 Å². The molecule has 0 saturated carbocycles. The lowest BCUT2D eigenvalue weighted by atomic mass is 9.95. The molecule has 0 fully saturated rings. The summed E-state index contributed by atoms with van der Waals surface area (Å²) in [5.74, 6) is -0.952. The largest absolute Gasteiger partial charge is 0.478 e. The second kappa shape index (κ2) is 2.97. The standard InChI is InChI=1S/C7H6BClO2/c8-5-2-1-4(7(10)11)3-6(5)9/h1-3H,8H2,(H,10,11). The van der Waals surface area contributed by atoms with E-state index in [1.54, 1.807) is 6.07 Å². The smallest absolute Gasteiger partial charge is 0.335 e. The van der Waals surface area contributed by atoms with Crippen LogP contribution in [0.15, 0.2) is 18.2 Å². The maximum Gasteiger partial charge on any atom is 0.335 e. The Morgan fingerprint density at radius 1 is 1.55 bits per heavy atom. The van der Waals surface area contributed by atoms with Crippen molar-refractivity contribution >= 4 is 30.9 Å². The van der Waals surface area contributed by atoms with E-state index in [-0.39, 0.29) is 5.56 Å². The van der Waals surface area contributed by atoms with Gasteiger partial charge >= 0.3 is 5.97 Å². The van der Waals surface area contributed by atoms with E-state index in [0.29, 0.717) is 5.02 Å². The SMILES string of the molecule is Bc1ccc(C(=O)O)cc1Cl. The predicted molar refractivity (Wildman–Crippen MR) is 46.6 cm³/mol. The summed E-state index contributed by atoms with van der Waals surface area (Å²) in [4.78, 5) is 10.4. The molecular weight excluding hydrogens is 162 g/mol. The molecule has 2 nitrogen and oxygen atoms in total. The van der Waals surface area contributed by atoms with Gasteiger partial charge in [-0.2, -0.15) is 0 Å². The molecule has 1 aromatic carbocycles. The molecule has 0 spiro atoms. The average Bonchev–Trinajstić information content (AvgIpc) is 1.94. The van der Waals surface area contributed by atoms with E-state index in [4.69, 9.17) is 16.7 Å². The number of benzene rings is 1. The number of aromatic carboxylic acids is 1. The summed E-state index contributed by atoms with van der Waals surface area (Å²) in [6, 6.07) is 4.66. The molecular formula is C7H6BClO2. The van der Waals surface area contributed by atoms with Crippen LogP contribution in [0.4, 0.5) is 0 Å². The molecule has 0 aromatic heterocycles. The minimum atomic E-state index is -0.952. The van der Waals surface area contributed by atoms with Crippen molar-refractivity contribution in [2.24, 2.45) is 0 Å². The molecule has 0 aliphatic carbocycles. The van der Waals surface area contributed by atoms with Crippen LogP contribution in [0.25, 0.3) is 0 Å². The van der Waals surface area contributed by atoms with Crippen molar-refractivity contribution in [3.05, 3.63) is 28.8 Å². The zero-order chi connectivity index (χ0) is 8.43. The van der Waals surface area contributed by atoms with Gasteiger partial charge in [0.05, 0.1) is 5.56 Å². The summed E-state index contributed by atoms with van der Waals surface area (Å²) < 4.78 is 0. The lowest BCUT2D eigenvalue weighted by Gasteiger charge is -1.97. The molecule has 0 atom stereocenters. The van der Waals surface area contributed by atoms with Gasteiger partial charge in [-0.3, -0.25) is 0 Å². The van der Waals surface area contributed by atoms with E-state index in [1.807, 2.05) is 7.85 Å². The predicted octanol–water partition coefficient (Wildman–Crippen LogP) is 0.297. The Bertz CT molecular complexity index is 298. The molecule has 56 valence electrons. The van der Waals surface area contributed by atoms with Gasteiger partial charge in [0.25, 0.3) is 0 Å². The summed E-state index contributed by atoms with van der Waals surface area (Å²) in [6.45, 7) is 0. The normalized spacial score (nSPS) is 9.55. The van der Waals surface area contributed by atoms with Gasteiger partial charge in [-0.05, 0) is 12.1 Å². The third-order valence-electron chi connectivity index (χ3n) is 1.42. The van der Waals surface area contributed by atoms with Crippen molar-refractivity contribution in [1.29, 1.82) is 0 Å². The molecule has 4 heteroatoms. The number of carboxylic acids is 1. The van der Waals surface area contributed by atoms with Crippen molar-refractivity contribution in [2.75, 3.05) is 0 Å². The topological polar surface area (TPSA) is 37.3 Å². The number of hydrogen-bond acceptors (Lipinski definition) is 1. The molecule has 0 amide bonds. The Labute approximate surface area is 70.2 Å². The fraction of sp³-hybridized carbons (Fsp3) is 0. The van der Waals surface area contributed by atoms with Crippen LogP contribution < -0.4 is 5.46 Å². The van der Waals surface area contributed by atoms with Crippen molar-refractivity contribution < 1.29 is 9.90 Å². The lowest BCUT2D eigenvalue weighted by molar-refractivity contribution is 0.0697. The van der Waals surface area contributed by atoms with Gasteiger partial charge in [0.15, 0.2) is 0 Å². The fourth-order valence-corrected chi connectivity index (χ4v) is 0.906. The molecule has 11 heavy (non-hydrogen) atoms. The van der Waals surface area contributed by atoms with E-state index < -0.39 is 5.97 Å². The Kier molecular flexibility index (Phi) is 2.20. The summed E-state index contributed by atoms with van der Waals surface area (Å²) >= 11 is 5.69. The second-order valence-corrected chi connectivity index (χ2v) is 2.68. The minimum Gasteiger partial charge on any atom is -0.478 e. The molecule has 1 N–H and O–H groups in total. The maximum atomic E-state index is 10.4. The van der Waals surface area contributed by atoms with Crippen LogP contribution in [0.1, 0.15) is 10.4 Å². The lowest BCUT2D eigenvalue weighted by Crippen LogP contribution is -2.06. The highest BCUT2D eigenvalue weighted by atomic mass is 35.5. The minimum absolute atomic E-state index is 0.223. The number of rotatable bonds is 1. The molecule has 1 rings (SSSR count). The van der Waals surface area contributed by atoms with E-state index in [0.717, 1.165) is 5.46 Å². The van der Waals surface area contributed by atoms with Gasteiger partial charge in [0, 0.05) is 5.02 Å². The number of carboxylic acid groups (broad SMARTS) is 1. The Hall–Kier alpha value is -0.955. The van der Waals surface area contributed by atoms with Crippen LogP contribution in [0, 0.1) is 0 Å². The monoisotopic (exact) mass is 168 g/mol. The molecule has 0 unspecified atom stereocenters. The van der Waals surface area contributed by atoms with Gasteiger partial charge in [-0.15, -0.1) is 0 Å². The highest BCUT2D eigenvalue weighted by Crippen LogP contribution is 2.07. The van der Waals surface area contributed by atoms with Gasteiger partial charge in [-0.25, -0.2) is 4.79 Å². The Balaban J connectivity index is 3.15. The van der Waals surface area contributed by atoms with Crippen molar-refractivity contribution in [3.63, 3.8) is 0 Å². The zero-order valence-corrected chi connectivity index (χ0v) is 6.72. The molecule has 1 aromatic rings. The van der Waals surface area contributed by atoms with Crippen LogP contribution in [0.2, 0.25) is 5.02 Å². The third kappa shape index (κ3) is 1.74. The molecule has 0 aliphatic heterocycles. The molecule has 0 radical (unpaired) electrons. The van der Waals surface area contributed by atoms with E-state index in [2.05, 4.69) is 0 Å². The zero-order valence-electron chi connectivity index (χ0n) is 5.97. The first-order valence-corrected chi connectivity index (χ1v) is 3.48. The molecule has 0 saturated heterocycles. The molecule has 0 bridgehead atoms. The summed E-state index contributed by atoms with van der Waals surface area (Å²) in [5.41, 5.74) is 1.11. The average molecular weight is 168 g/mol. The Morgan fingerprint density at radius 3 is 2.64 bits per heavy atom. The van der Waals surface area contributed by atoms with Crippen LogP contribution in [0.3, 0.4) is 0 Å². The highest BCUT2D eigenvalue weighted by Gasteiger charge is 2.03. The molecule has 0 aliphatic rings. The Morgan fingerprint density at radius 2 is 2.18 bits per heavy atom. The fourth-order valence-electron chi connectivity index (χ4n) is 0.726. The van der Waals surface area contributed by atoms with Crippen LogP contribution in [-0.4, -0.2) is 18.9 Å². The van der Waals surface area contributed by atoms with Gasteiger partial charge in [0.1, 0.15) is 7.85 Å². The van der Waals surface area contributed by atoms with Gasteiger partial charge in [0.2, 0.25) is 0 Å².